The third kappa shape index (κ3) is 1.95. The molecule has 0 aromatic heterocycles. The molecule has 3 rings (SSSR count). The highest BCUT2D eigenvalue weighted by atomic mass is 16.7. The van der Waals surface area contributed by atoms with Crippen molar-refractivity contribution in [2.75, 3.05) is 0 Å². The molecular weight excluding hydrogens is 235 g/mol. The average molecular weight is 258 g/mol. The largest absolute Gasteiger partial charge is 0.490 e. The maximum absolute atomic E-state index is 6.15. The lowest BCUT2D eigenvalue weighted by Crippen LogP contribution is -2.41. The van der Waals surface area contributed by atoms with Gasteiger partial charge in [-0.25, -0.2) is 0 Å². The molecule has 3 heteroatoms. The zero-order chi connectivity index (χ0) is 14.0. The maximum atomic E-state index is 6.15. The molecule has 102 valence electrons. The molecule has 2 fully saturated rings. The topological polar surface area (TPSA) is 18.5 Å². The van der Waals surface area contributed by atoms with Crippen molar-refractivity contribution in [3.05, 3.63) is 35.3 Å². The van der Waals surface area contributed by atoms with E-state index in [0.717, 1.165) is 0 Å². The first-order valence-electron chi connectivity index (χ1n) is 7.16. The van der Waals surface area contributed by atoms with Crippen molar-refractivity contribution in [2.45, 2.75) is 52.2 Å². The fraction of sp³-hybridized carbons (Fsp3) is 0.625. The molecule has 2 nitrogen and oxygen atoms in total. The molecule has 1 aliphatic heterocycles. The fourth-order valence-electron chi connectivity index (χ4n) is 3.03. The molecule has 2 unspecified atom stereocenters. The van der Waals surface area contributed by atoms with Crippen LogP contribution in [-0.4, -0.2) is 18.3 Å². The molecule has 1 heterocycles. The summed E-state index contributed by atoms with van der Waals surface area (Å²) in [6, 6.07) is 0. The molecule has 0 aromatic carbocycles. The molecule has 0 radical (unpaired) electrons. The summed E-state index contributed by atoms with van der Waals surface area (Å²) in [5.74, 6) is 1.25. The molecular formula is C16H23BO2. The highest BCUT2D eigenvalue weighted by molar-refractivity contribution is 6.55. The minimum Gasteiger partial charge on any atom is -0.400 e. The van der Waals surface area contributed by atoms with Crippen LogP contribution in [0.25, 0.3) is 0 Å². The van der Waals surface area contributed by atoms with Gasteiger partial charge in [-0.2, -0.15) is 0 Å². The summed E-state index contributed by atoms with van der Waals surface area (Å²) in [4.78, 5) is 0. The molecule has 19 heavy (non-hydrogen) atoms. The summed E-state index contributed by atoms with van der Waals surface area (Å²) in [6.45, 7) is 14.6. The summed E-state index contributed by atoms with van der Waals surface area (Å²) in [6.07, 6.45) is 5.62. The third-order valence-corrected chi connectivity index (χ3v) is 5.09. The molecule has 0 N–H and O–H groups in total. The van der Waals surface area contributed by atoms with Gasteiger partial charge in [0.2, 0.25) is 0 Å². The van der Waals surface area contributed by atoms with Crippen LogP contribution in [0.2, 0.25) is 0 Å². The van der Waals surface area contributed by atoms with Gasteiger partial charge in [-0.3, -0.25) is 0 Å². The normalized spacial score (nSPS) is 34.5. The van der Waals surface area contributed by atoms with Gasteiger partial charge in [0.15, 0.2) is 0 Å². The first-order valence-corrected chi connectivity index (χ1v) is 7.16. The van der Waals surface area contributed by atoms with Crippen LogP contribution < -0.4 is 0 Å². The molecule has 1 saturated heterocycles. The number of fused-ring (bicyclic) bond motifs is 1. The van der Waals surface area contributed by atoms with Crippen LogP contribution in [0.5, 0.6) is 0 Å². The van der Waals surface area contributed by atoms with Gasteiger partial charge in [0.05, 0.1) is 11.2 Å². The Labute approximate surface area is 116 Å². The van der Waals surface area contributed by atoms with E-state index in [2.05, 4.69) is 53.3 Å². The minimum absolute atomic E-state index is 0.178. The maximum Gasteiger partial charge on any atom is 0.490 e. The van der Waals surface area contributed by atoms with E-state index in [1.807, 2.05) is 0 Å². The van der Waals surface area contributed by atoms with Gasteiger partial charge >= 0.3 is 7.12 Å². The lowest BCUT2D eigenvalue weighted by atomic mass is 9.72. The van der Waals surface area contributed by atoms with E-state index in [1.54, 1.807) is 0 Å². The predicted octanol–water partition coefficient (Wildman–Crippen LogP) is 3.70. The van der Waals surface area contributed by atoms with Crippen LogP contribution in [0.15, 0.2) is 35.3 Å². The van der Waals surface area contributed by atoms with Gasteiger partial charge in [-0.1, -0.05) is 24.3 Å². The molecule has 0 amide bonds. The van der Waals surface area contributed by atoms with Gasteiger partial charge in [0.1, 0.15) is 0 Å². The van der Waals surface area contributed by atoms with Crippen molar-refractivity contribution >= 4 is 7.12 Å². The highest BCUT2D eigenvalue weighted by Crippen LogP contribution is 2.55. The summed E-state index contributed by atoms with van der Waals surface area (Å²) >= 11 is 0. The van der Waals surface area contributed by atoms with Crippen molar-refractivity contribution < 1.29 is 9.31 Å². The van der Waals surface area contributed by atoms with Gasteiger partial charge < -0.3 is 9.31 Å². The summed E-state index contributed by atoms with van der Waals surface area (Å²) in [5.41, 5.74) is 3.42. The van der Waals surface area contributed by atoms with E-state index in [4.69, 9.17) is 9.31 Å². The van der Waals surface area contributed by atoms with Crippen molar-refractivity contribution in [1.29, 1.82) is 0 Å². The quantitative estimate of drug-likeness (QED) is 0.703. The zero-order valence-corrected chi connectivity index (χ0v) is 12.6. The first-order chi connectivity index (χ1) is 8.73. The van der Waals surface area contributed by atoms with E-state index >= 15 is 0 Å². The van der Waals surface area contributed by atoms with Crippen LogP contribution >= 0.6 is 0 Å². The molecule has 2 atom stereocenters. The third-order valence-electron chi connectivity index (χ3n) is 5.09. The number of hydrogen-bond acceptors (Lipinski definition) is 2. The Morgan fingerprint density at radius 2 is 1.74 bits per heavy atom. The Balaban J connectivity index is 1.85. The second-order valence-corrected chi connectivity index (χ2v) is 7.11. The molecule has 3 aliphatic rings. The van der Waals surface area contributed by atoms with Crippen LogP contribution in [0.1, 0.15) is 41.0 Å². The van der Waals surface area contributed by atoms with Gasteiger partial charge in [-0.15, -0.1) is 0 Å². The van der Waals surface area contributed by atoms with Gasteiger partial charge in [-0.05, 0) is 63.9 Å². The van der Waals surface area contributed by atoms with Crippen molar-refractivity contribution in [2.24, 2.45) is 11.8 Å². The SMILES string of the molecule is C=C(C)C1=CC=C(B2OC(C)(C)C(C)(C)O2)C2CC12. The highest BCUT2D eigenvalue weighted by Gasteiger charge is 2.57. The molecule has 0 bridgehead atoms. The average Bonchev–Trinajstić information content (AvgIpc) is 3.00. The van der Waals surface area contributed by atoms with E-state index in [9.17, 15) is 0 Å². The van der Waals surface area contributed by atoms with Crippen molar-refractivity contribution in [1.82, 2.24) is 0 Å². The minimum atomic E-state index is -0.249. The summed E-state index contributed by atoms with van der Waals surface area (Å²) < 4.78 is 12.3. The second kappa shape index (κ2) is 3.86. The Bertz CT molecular complexity index is 483. The molecule has 2 aliphatic carbocycles. The van der Waals surface area contributed by atoms with E-state index in [-0.39, 0.29) is 18.3 Å². The van der Waals surface area contributed by atoms with Crippen LogP contribution in [-0.2, 0) is 9.31 Å². The first kappa shape index (κ1) is 13.2. The van der Waals surface area contributed by atoms with E-state index in [1.165, 1.54) is 23.0 Å². The lowest BCUT2D eigenvalue weighted by Gasteiger charge is -2.32. The number of allylic oxidation sites excluding steroid dienone is 5. The molecule has 0 aromatic rings. The Morgan fingerprint density at radius 3 is 2.26 bits per heavy atom. The zero-order valence-electron chi connectivity index (χ0n) is 12.6. The van der Waals surface area contributed by atoms with Crippen LogP contribution in [0.3, 0.4) is 0 Å². The molecule has 1 saturated carbocycles. The van der Waals surface area contributed by atoms with Gasteiger partial charge in [0.25, 0.3) is 0 Å². The van der Waals surface area contributed by atoms with E-state index < -0.39 is 0 Å². The van der Waals surface area contributed by atoms with E-state index in [0.29, 0.717) is 11.8 Å². The van der Waals surface area contributed by atoms with Crippen molar-refractivity contribution in [3.8, 4) is 0 Å². The number of rotatable bonds is 2. The number of hydrogen-bond donors (Lipinski definition) is 0. The lowest BCUT2D eigenvalue weighted by molar-refractivity contribution is 0.00578. The Morgan fingerprint density at radius 1 is 1.16 bits per heavy atom. The summed E-state index contributed by atoms with van der Waals surface area (Å²) in [5, 5.41) is 0. The molecule has 0 spiro atoms. The summed E-state index contributed by atoms with van der Waals surface area (Å²) in [7, 11) is -0.178. The van der Waals surface area contributed by atoms with Crippen LogP contribution in [0, 0.1) is 11.8 Å². The standard InChI is InChI=1S/C16H23BO2/c1-10(2)11-7-8-14(13-9-12(11)13)17-18-15(3,4)16(5,6)19-17/h7-8,12-13H,1,9H2,2-6H3. The van der Waals surface area contributed by atoms with Gasteiger partial charge in [0, 0.05) is 0 Å². The smallest absolute Gasteiger partial charge is 0.400 e. The van der Waals surface area contributed by atoms with Crippen molar-refractivity contribution in [3.63, 3.8) is 0 Å². The Kier molecular flexibility index (Phi) is 2.68. The Hall–Kier alpha value is -0.795. The second-order valence-electron chi connectivity index (χ2n) is 7.11. The predicted molar refractivity (Wildman–Crippen MR) is 78.7 cm³/mol. The monoisotopic (exact) mass is 258 g/mol. The fourth-order valence-corrected chi connectivity index (χ4v) is 3.03. The van der Waals surface area contributed by atoms with Crippen LogP contribution in [0.4, 0.5) is 0 Å².